The SMILES string of the molecule is O=S(=O)(F)CC1CC2CCCC(C1)N2Cc1ccccc1. The highest BCUT2D eigenvalue weighted by molar-refractivity contribution is 7.86. The summed E-state index contributed by atoms with van der Waals surface area (Å²) >= 11 is 0. The van der Waals surface area contributed by atoms with E-state index in [4.69, 9.17) is 0 Å². The number of halogens is 1. The average Bonchev–Trinajstić information content (AvgIpc) is 2.39. The molecule has 0 saturated carbocycles. The van der Waals surface area contributed by atoms with Crippen LogP contribution in [0.5, 0.6) is 0 Å². The summed E-state index contributed by atoms with van der Waals surface area (Å²) in [4.78, 5) is 2.51. The third kappa shape index (κ3) is 3.83. The Hall–Kier alpha value is -0.940. The van der Waals surface area contributed by atoms with Gasteiger partial charge in [-0.3, -0.25) is 4.90 Å². The second kappa shape index (κ2) is 6.05. The van der Waals surface area contributed by atoms with Crippen LogP contribution >= 0.6 is 0 Å². The number of piperidine rings is 2. The minimum absolute atomic E-state index is 0.0117. The van der Waals surface area contributed by atoms with Gasteiger partial charge in [-0.1, -0.05) is 36.8 Å². The van der Waals surface area contributed by atoms with Gasteiger partial charge < -0.3 is 0 Å². The maximum Gasteiger partial charge on any atom is 0.302 e. The van der Waals surface area contributed by atoms with Crippen molar-refractivity contribution in [3.63, 3.8) is 0 Å². The Morgan fingerprint density at radius 3 is 2.29 bits per heavy atom. The summed E-state index contributed by atoms with van der Waals surface area (Å²) in [5.41, 5.74) is 1.30. The number of nitrogens with zero attached hydrogens (tertiary/aromatic N) is 1. The van der Waals surface area contributed by atoms with Crippen LogP contribution in [0, 0.1) is 5.92 Å². The summed E-state index contributed by atoms with van der Waals surface area (Å²) in [5, 5.41) is 0. The van der Waals surface area contributed by atoms with Crippen molar-refractivity contribution in [1.82, 2.24) is 4.90 Å². The van der Waals surface area contributed by atoms with Crippen LogP contribution in [0.1, 0.15) is 37.7 Å². The molecule has 3 rings (SSSR count). The summed E-state index contributed by atoms with van der Waals surface area (Å²) < 4.78 is 34.8. The molecule has 2 fully saturated rings. The highest BCUT2D eigenvalue weighted by Crippen LogP contribution is 2.38. The summed E-state index contributed by atoms with van der Waals surface area (Å²) in [5.74, 6) is -0.304. The first-order chi connectivity index (χ1) is 10.0. The van der Waals surface area contributed by atoms with Gasteiger partial charge in [-0.2, -0.15) is 8.42 Å². The van der Waals surface area contributed by atoms with Gasteiger partial charge in [-0.25, -0.2) is 0 Å². The number of hydrogen-bond acceptors (Lipinski definition) is 3. The highest BCUT2D eigenvalue weighted by Gasteiger charge is 2.39. The molecular formula is C16H22FNO2S. The summed E-state index contributed by atoms with van der Waals surface area (Å²) in [6.45, 7) is 0.922. The molecule has 2 bridgehead atoms. The molecule has 21 heavy (non-hydrogen) atoms. The maximum atomic E-state index is 13.0. The molecule has 2 heterocycles. The summed E-state index contributed by atoms with van der Waals surface area (Å²) in [7, 11) is -4.35. The van der Waals surface area contributed by atoms with Gasteiger partial charge in [0.2, 0.25) is 0 Å². The predicted molar refractivity (Wildman–Crippen MR) is 81.0 cm³/mol. The standard InChI is InChI=1S/C16H22FNO2S/c17-21(19,20)12-14-9-15-7-4-8-16(10-14)18(15)11-13-5-2-1-3-6-13/h1-3,5-6,14-16H,4,7-12H2. The molecule has 0 spiro atoms. The summed E-state index contributed by atoms with van der Waals surface area (Å²) in [6, 6.07) is 11.2. The van der Waals surface area contributed by atoms with Gasteiger partial charge in [0.15, 0.2) is 0 Å². The normalized spacial score (nSPS) is 30.2. The molecule has 2 unspecified atom stereocenters. The van der Waals surface area contributed by atoms with Crippen molar-refractivity contribution in [3.8, 4) is 0 Å². The van der Waals surface area contributed by atoms with E-state index < -0.39 is 10.2 Å². The van der Waals surface area contributed by atoms with E-state index in [0.717, 1.165) is 32.2 Å². The van der Waals surface area contributed by atoms with E-state index in [9.17, 15) is 12.3 Å². The van der Waals surface area contributed by atoms with Crippen LogP contribution in [0.3, 0.4) is 0 Å². The van der Waals surface area contributed by atoms with Crippen molar-refractivity contribution in [1.29, 1.82) is 0 Å². The molecule has 0 radical (unpaired) electrons. The van der Waals surface area contributed by atoms with E-state index in [-0.39, 0.29) is 11.7 Å². The van der Waals surface area contributed by atoms with E-state index in [1.54, 1.807) is 0 Å². The Labute approximate surface area is 126 Å². The lowest BCUT2D eigenvalue weighted by Crippen LogP contribution is -2.52. The minimum atomic E-state index is -4.35. The van der Waals surface area contributed by atoms with Gasteiger partial charge in [0.25, 0.3) is 0 Å². The number of hydrogen-bond donors (Lipinski definition) is 0. The molecule has 1 aromatic rings. The zero-order valence-electron chi connectivity index (χ0n) is 12.1. The van der Waals surface area contributed by atoms with Crippen LogP contribution in [0.25, 0.3) is 0 Å². The van der Waals surface area contributed by atoms with E-state index >= 15 is 0 Å². The predicted octanol–water partition coefficient (Wildman–Crippen LogP) is 3.12. The molecule has 0 aliphatic carbocycles. The molecule has 2 saturated heterocycles. The largest absolute Gasteiger partial charge is 0.302 e. The third-order valence-electron chi connectivity index (χ3n) is 4.87. The van der Waals surface area contributed by atoms with Crippen LogP contribution < -0.4 is 0 Å². The zero-order valence-corrected chi connectivity index (χ0v) is 12.9. The molecule has 3 nitrogen and oxygen atoms in total. The van der Waals surface area contributed by atoms with Crippen molar-refractivity contribution in [3.05, 3.63) is 35.9 Å². The van der Waals surface area contributed by atoms with E-state index in [1.807, 2.05) is 18.2 Å². The summed E-state index contributed by atoms with van der Waals surface area (Å²) in [6.07, 6.45) is 5.03. The zero-order chi connectivity index (χ0) is 14.9. The first-order valence-corrected chi connectivity index (χ1v) is 9.28. The lowest BCUT2D eigenvalue weighted by molar-refractivity contribution is 0.0116. The van der Waals surface area contributed by atoms with Crippen molar-refractivity contribution in [2.24, 2.45) is 5.92 Å². The van der Waals surface area contributed by atoms with Crippen molar-refractivity contribution in [2.45, 2.75) is 50.7 Å². The Bertz CT molecular complexity index is 561. The Morgan fingerprint density at radius 2 is 1.71 bits per heavy atom. The number of benzene rings is 1. The number of rotatable bonds is 4. The molecular weight excluding hydrogens is 289 g/mol. The van der Waals surface area contributed by atoms with Gasteiger partial charge in [0.05, 0.1) is 5.75 Å². The molecule has 2 atom stereocenters. The molecule has 116 valence electrons. The van der Waals surface area contributed by atoms with Crippen molar-refractivity contribution in [2.75, 3.05) is 5.75 Å². The van der Waals surface area contributed by atoms with Crippen LogP contribution in [-0.4, -0.2) is 31.2 Å². The van der Waals surface area contributed by atoms with Crippen molar-refractivity contribution >= 4 is 10.2 Å². The van der Waals surface area contributed by atoms with Gasteiger partial charge in [0, 0.05) is 18.6 Å². The fourth-order valence-electron chi connectivity index (χ4n) is 4.06. The molecule has 0 amide bonds. The fourth-order valence-corrected chi connectivity index (χ4v) is 4.90. The molecule has 0 N–H and O–H groups in total. The topological polar surface area (TPSA) is 37.4 Å². The van der Waals surface area contributed by atoms with Crippen molar-refractivity contribution < 1.29 is 12.3 Å². The molecule has 0 aromatic heterocycles. The van der Waals surface area contributed by atoms with E-state index in [0.29, 0.717) is 12.1 Å². The Morgan fingerprint density at radius 1 is 1.10 bits per heavy atom. The smallest absolute Gasteiger partial charge is 0.293 e. The first-order valence-electron chi connectivity index (χ1n) is 7.73. The van der Waals surface area contributed by atoms with Gasteiger partial charge in [0.1, 0.15) is 0 Å². The first kappa shape index (κ1) is 15.0. The third-order valence-corrected chi connectivity index (χ3v) is 5.74. The fraction of sp³-hybridized carbons (Fsp3) is 0.625. The van der Waals surface area contributed by atoms with Gasteiger partial charge in [-0.05, 0) is 37.2 Å². The average molecular weight is 311 g/mol. The quantitative estimate of drug-likeness (QED) is 0.802. The van der Waals surface area contributed by atoms with Crippen LogP contribution in [0.15, 0.2) is 30.3 Å². The molecule has 1 aromatic carbocycles. The van der Waals surface area contributed by atoms with E-state index in [2.05, 4.69) is 17.0 Å². The van der Waals surface area contributed by atoms with Crippen LogP contribution in [0.4, 0.5) is 3.89 Å². The monoisotopic (exact) mass is 311 g/mol. The highest BCUT2D eigenvalue weighted by atomic mass is 32.3. The Balaban J connectivity index is 1.70. The van der Waals surface area contributed by atoms with Gasteiger partial charge >= 0.3 is 10.2 Å². The number of fused-ring (bicyclic) bond motifs is 2. The van der Waals surface area contributed by atoms with E-state index in [1.165, 1.54) is 12.0 Å². The molecule has 5 heteroatoms. The molecule has 2 aliphatic rings. The lowest BCUT2D eigenvalue weighted by atomic mass is 9.79. The lowest BCUT2D eigenvalue weighted by Gasteiger charge is -2.48. The van der Waals surface area contributed by atoms with Gasteiger partial charge in [-0.15, -0.1) is 3.89 Å². The second-order valence-corrected chi connectivity index (χ2v) is 7.85. The second-order valence-electron chi connectivity index (χ2n) is 6.44. The minimum Gasteiger partial charge on any atom is -0.293 e. The maximum absolute atomic E-state index is 13.0. The Kier molecular flexibility index (Phi) is 4.31. The van der Waals surface area contributed by atoms with Crippen LogP contribution in [-0.2, 0) is 16.8 Å². The van der Waals surface area contributed by atoms with Crippen LogP contribution in [0.2, 0.25) is 0 Å². The molecule has 2 aliphatic heterocycles.